The first-order valence-corrected chi connectivity index (χ1v) is 12.8. The molecule has 4 aromatic carbocycles. The van der Waals surface area contributed by atoms with Crippen LogP contribution in [0.4, 0.5) is 0 Å². The largest absolute Gasteiger partial charge is 0.423 e. The number of nitrogens with zero attached hydrogens (tertiary/aromatic N) is 2. The zero-order chi connectivity index (χ0) is 29.6. The van der Waals surface area contributed by atoms with Crippen LogP contribution >= 0.6 is 0 Å². The lowest BCUT2D eigenvalue weighted by Gasteiger charge is -2.04. The van der Waals surface area contributed by atoms with E-state index in [0.29, 0.717) is 33.8 Å². The van der Waals surface area contributed by atoms with Crippen LogP contribution in [-0.2, 0) is 9.59 Å². The van der Waals surface area contributed by atoms with Crippen LogP contribution in [0.5, 0.6) is 11.5 Å². The van der Waals surface area contributed by atoms with Crippen molar-refractivity contribution >= 4 is 36.2 Å². The molecule has 4 rings (SSSR count). The Balaban J connectivity index is 1.13. The van der Waals surface area contributed by atoms with Crippen molar-refractivity contribution in [2.75, 3.05) is 0 Å². The van der Waals surface area contributed by atoms with Crippen molar-refractivity contribution in [2.45, 2.75) is 12.8 Å². The third kappa shape index (κ3) is 9.38. The monoisotopic (exact) mass is 562 g/mol. The van der Waals surface area contributed by atoms with E-state index in [1.807, 2.05) is 12.1 Å². The van der Waals surface area contributed by atoms with E-state index in [4.69, 9.17) is 9.47 Å². The minimum Gasteiger partial charge on any atom is -0.423 e. The fourth-order valence-electron chi connectivity index (χ4n) is 3.42. The molecule has 0 spiro atoms. The molecule has 210 valence electrons. The summed E-state index contributed by atoms with van der Waals surface area (Å²) in [6, 6.07) is 30.5. The standard InChI is InChI=1S/C32H26N4O6/c37-29(35-33-21-23-11-15-27(16-12-23)41-31(39)25-7-3-1-4-8-25)19-20-30(38)36-34-22-24-13-17-28(18-14-24)42-32(40)26-9-5-2-6-10-26/h1-18,21-22H,19-20H2,(H,35,37)(H,36,38)/b33-21-,34-22-. The molecule has 0 saturated carbocycles. The molecule has 0 saturated heterocycles. The molecule has 0 unspecified atom stereocenters. The third-order valence-corrected chi connectivity index (χ3v) is 5.59. The van der Waals surface area contributed by atoms with E-state index >= 15 is 0 Å². The summed E-state index contributed by atoms with van der Waals surface area (Å²) in [7, 11) is 0. The predicted octanol–water partition coefficient (Wildman–Crippen LogP) is 4.51. The van der Waals surface area contributed by atoms with E-state index in [9.17, 15) is 19.2 Å². The van der Waals surface area contributed by atoms with E-state index in [2.05, 4.69) is 21.1 Å². The summed E-state index contributed by atoms with van der Waals surface area (Å²) >= 11 is 0. The normalized spacial score (nSPS) is 10.8. The first kappa shape index (κ1) is 29.1. The van der Waals surface area contributed by atoms with Crippen LogP contribution < -0.4 is 20.3 Å². The lowest BCUT2D eigenvalue weighted by Crippen LogP contribution is -2.22. The molecule has 42 heavy (non-hydrogen) atoms. The van der Waals surface area contributed by atoms with Gasteiger partial charge in [0.15, 0.2) is 0 Å². The van der Waals surface area contributed by atoms with E-state index in [-0.39, 0.29) is 12.8 Å². The fourth-order valence-corrected chi connectivity index (χ4v) is 3.42. The summed E-state index contributed by atoms with van der Waals surface area (Å²) in [5.41, 5.74) is 6.95. The van der Waals surface area contributed by atoms with Crippen LogP contribution in [0.1, 0.15) is 44.7 Å². The minimum absolute atomic E-state index is 0.0887. The summed E-state index contributed by atoms with van der Waals surface area (Å²) in [5, 5.41) is 7.75. The molecular weight excluding hydrogens is 536 g/mol. The maximum atomic E-state index is 12.1. The van der Waals surface area contributed by atoms with Gasteiger partial charge in [-0.15, -0.1) is 0 Å². The van der Waals surface area contributed by atoms with Crippen molar-refractivity contribution in [3.05, 3.63) is 131 Å². The lowest BCUT2D eigenvalue weighted by molar-refractivity contribution is -0.126. The number of carbonyl (C=O) groups excluding carboxylic acids is 4. The number of hydrazone groups is 2. The van der Waals surface area contributed by atoms with E-state index in [1.165, 1.54) is 12.4 Å². The highest BCUT2D eigenvalue weighted by molar-refractivity contribution is 5.92. The highest BCUT2D eigenvalue weighted by atomic mass is 16.5. The molecule has 2 N–H and O–H groups in total. The summed E-state index contributed by atoms with van der Waals surface area (Å²) < 4.78 is 10.6. The van der Waals surface area contributed by atoms with E-state index in [1.54, 1.807) is 97.1 Å². The number of benzene rings is 4. The first-order chi connectivity index (χ1) is 20.5. The number of amides is 2. The van der Waals surface area contributed by atoms with Crippen LogP contribution in [0.15, 0.2) is 119 Å². The highest BCUT2D eigenvalue weighted by Gasteiger charge is 2.09. The minimum atomic E-state index is -0.461. The Morgan fingerprint density at radius 3 is 1.24 bits per heavy atom. The van der Waals surface area contributed by atoms with Gasteiger partial charge < -0.3 is 9.47 Å². The predicted molar refractivity (Wildman–Crippen MR) is 156 cm³/mol. The Morgan fingerprint density at radius 2 is 0.881 bits per heavy atom. The number of hydrogen-bond acceptors (Lipinski definition) is 8. The zero-order valence-electron chi connectivity index (χ0n) is 22.3. The Bertz CT molecular complexity index is 1450. The summed E-state index contributed by atoms with van der Waals surface area (Å²) in [4.78, 5) is 48.2. The third-order valence-electron chi connectivity index (χ3n) is 5.59. The van der Waals surface area contributed by atoms with Gasteiger partial charge in [0.25, 0.3) is 0 Å². The molecular formula is C32H26N4O6. The summed E-state index contributed by atoms with van der Waals surface area (Å²) in [5.74, 6) is -1.06. The molecule has 0 aliphatic carbocycles. The average molecular weight is 563 g/mol. The van der Waals surface area contributed by atoms with E-state index < -0.39 is 23.8 Å². The smallest absolute Gasteiger partial charge is 0.343 e. The molecule has 2 amide bonds. The van der Waals surface area contributed by atoms with Gasteiger partial charge in [0, 0.05) is 12.8 Å². The van der Waals surface area contributed by atoms with Gasteiger partial charge in [-0.1, -0.05) is 36.4 Å². The summed E-state index contributed by atoms with van der Waals surface area (Å²) in [6.45, 7) is 0. The Hall–Kier alpha value is -5.90. The highest BCUT2D eigenvalue weighted by Crippen LogP contribution is 2.15. The number of hydrogen-bond donors (Lipinski definition) is 2. The van der Waals surface area contributed by atoms with Gasteiger partial charge in [-0.05, 0) is 83.9 Å². The van der Waals surface area contributed by atoms with Gasteiger partial charge in [-0.3, -0.25) is 9.59 Å². The van der Waals surface area contributed by atoms with Crippen LogP contribution in [0, 0.1) is 0 Å². The number of esters is 2. The number of carbonyl (C=O) groups is 4. The van der Waals surface area contributed by atoms with Gasteiger partial charge in [-0.25, -0.2) is 20.4 Å². The van der Waals surface area contributed by atoms with Crippen LogP contribution in [0.25, 0.3) is 0 Å². The topological polar surface area (TPSA) is 136 Å². The van der Waals surface area contributed by atoms with Gasteiger partial charge in [0.05, 0.1) is 23.6 Å². The van der Waals surface area contributed by atoms with Gasteiger partial charge in [0.2, 0.25) is 11.8 Å². The maximum absolute atomic E-state index is 12.1. The zero-order valence-corrected chi connectivity index (χ0v) is 22.3. The molecule has 0 radical (unpaired) electrons. The maximum Gasteiger partial charge on any atom is 0.343 e. The second-order valence-corrected chi connectivity index (χ2v) is 8.74. The van der Waals surface area contributed by atoms with Crippen molar-refractivity contribution in [1.82, 2.24) is 10.9 Å². The Kier molecular flexibility index (Phi) is 10.4. The van der Waals surface area contributed by atoms with Crippen LogP contribution in [0.2, 0.25) is 0 Å². The van der Waals surface area contributed by atoms with Gasteiger partial charge in [-0.2, -0.15) is 10.2 Å². The lowest BCUT2D eigenvalue weighted by atomic mass is 10.2. The Labute approximate surface area is 241 Å². The molecule has 0 heterocycles. The number of ether oxygens (including phenoxy) is 2. The second kappa shape index (κ2) is 15.0. The van der Waals surface area contributed by atoms with Crippen LogP contribution in [-0.4, -0.2) is 36.2 Å². The SMILES string of the molecule is O=C(CCC(=O)N/N=C\c1ccc(OC(=O)c2ccccc2)cc1)N/N=C\c1ccc(OC(=O)c2ccccc2)cc1. The summed E-state index contributed by atoms with van der Waals surface area (Å²) in [6.07, 6.45) is 2.68. The molecule has 0 atom stereocenters. The van der Waals surface area contributed by atoms with Gasteiger partial charge in [0.1, 0.15) is 11.5 Å². The molecule has 10 nitrogen and oxygen atoms in total. The van der Waals surface area contributed by atoms with E-state index in [0.717, 1.165) is 0 Å². The fraction of sp³-hybridized carbons (Fsp3) is 0.0625. The molecule has 0 fully saturated rings. The van der Waals surface area contributed by atoms with Crippen molar-refractivity contribution in [3.8, 4) is 11.5 Å². The van der Waals surface area contributed by atoms with Crippen molar-refractivity contribution in [1.29, 1.82) is 0 Å². The molecule has 0 aliphatic heterocycles. The molecule has 10 heteroatoms. The molecule has 4 aromatic rings. The Morgan fingerprint density at radius 1 is 0.524 bits per heavy atom. The first-order valence-electron chi connectivity index (χ1n) is 12.8. The molecule has 0 aliphatic rings. The number of rotatable bonds is 11. The second-order valence-electron chi connectivity index (χ2n) is 8.74. The van der Waals surface area contributed by atoms with Crippen molar-refractivity contribution in [3.63, 3.8) is 0 Å². The molecule has 0 bridgehead atoms. The van der Waals surface area contributed by atoms with Gasteiger partial charge >= 0.3 is 11.9 Å². The number of nitrogens with one attached hydrogen (secondary N) is 2. The average Bonchev–Trinajstić information content (AvgIpc) is 3.02. The van der Waals surface area contributed by atoms with Crippen LogP contribution in [0.3, 0.4) is 0 Å². The van der Waals surface area contributed by atoms with Crippen molar-refractivity contribution in [2.24, 2.45) is 10.2 Å². The molecule has 0 aromatic heterocycles. The van der Waals surface area contributed by atoms with Crippen molar-refractivity contribution < 1.29 is 28.7 Å². The quantitative estimate of drug-likeness (QED) is 0.120.